The number of nitrogens with zero attached hydrogens (tertiary/aromatic N) is 3. The third kappa shape index (κ3) is 3.86. The summed E-state index contributed by atoms with van der Waals surface area (Å²) in [7, 11) is 0. The molecule has 3 amide bonds. The van der Waals surface area contributed by atoms with E-state index in [2.05, 4.69) is 10.3 Å². The van der Waals surface area contributed by atoms with Gasteiger partial charge in [0.05, 0.1) is 16.8 Å². The standard InChI is InChI=1S/C20H17FN4O2S/c21-15-5-3-14(4-6-15)13-24-9-10-25(20(24)27)18-8-7-16(12-22-18)23-19(26)17-2-1-11-28-17/h1-8,11-12H,9-10,13H2,(H,23,26). The predicted molar refractivity (Wildman–Crippen MR) is 106 cm³/mol. The van der Waals surface area contributed by atoms with Crippen molar-refractivity contribution in [3.05, 3.63) is 76.4 Å². The summed E-state index contributed by atoms with van der Waals surface area (Å²) in [5.41, 5.74) is 1.44. The van der Waals surface area contributed by atoms with Gasteiger partial charge in [0.25, 0.3) is 5.91 Å². The Labute approximate surface area is 165 Å². The van der Waals surface area contributed by atoms with Gasteiger partial charge in [0.2, 0.25) is 0 Å². The lowest BCUT2D eigenvalue weighted by Crippen LogP contribution is -2.31. The number of halogens is 1. The van der Waals surface area contributed by atoms with E-state index < -0.39 is 0 Å². The average molecular weight is 396 g/mol. The van der Waals surface area contributed by atoms with Crippen LogP contribution < -0.4 is 10.2 Å². The zero-order chi connectivity index (χ0) is 19.5. The van der Waals surface area contributed by atoms with Crippen LogP contribution in [0.4, 0.5) is 20.7 Å². The molecule has 142 valence electrons. The maximum Gasteiger partial charge on any atom is 0.326 e. The van der Waals surface area contributed by atoms with Crippen LogP contribution in [0.2, 0.25) is 0 Å². The molecule has 0 bridgehead atoms. The van der Waals surface area contributed by atoms with E-state index in [1.165, 1.54) is 29.7 Å². The molecule has 0 aliphatic carbocycles. The normalized spacial score (nSPS) is 13.8. The smallest absolute Gasteiger partial charge is 0.320 e. The van der Waals surface area contributed by atoms with Gasteiger partial charge >= 0.3 is 6.03 Å². The van der Waals surface area contributed by atoms with Gasteiger partial charge in [-0.15, -0.1) is 11.3 Å². The monoisotopic (exact) mass is 396 g/mol. The fourth-order valence-electron chi connectivity index (χ4n) is 2.97. The first kappa shape index (κ1) is 18.1. The van der Waals surface area contributed by atoms with Crippen molar-refractivity contribution in [3.8, 4) is 0 Å². The van der Waals surface area contributed by atoms with E-state index in [1.54, 1.807) is 40.1 Å². The Kier molecular flexibility index (Phi) is 5.03. The van der Waals surface area contributed by atoms with E-state index >= 15 is 0 Å². The number of amides is 3. The lowest BCUT2D eigenvalue weighted by Gasteiger charge is -2.18. The molecule has 4 rings (SSSR count). The summed E-state index contributed by atoms with van der Waals surface area (Å²) in [6, 6.07) is 13.0. The highest BCUT2D eigenvalue weighted by Gasteiger charge is 2.30. The van der Waals surface area contributed by atoms with Crippen LogP contribution in [0.1, 0.15) is 15.2 Å². The second-order valence-corrected chi connectivity index (χ2v) is 7.27. The van der Waals surface area contributed by atoms with E-state index in [1.807, 2.05) is 11.4 Å². The van der Waals surface area contributed by atoms with Crippen molar-refractivity contribution < 1.29 is 14.0 Å². The minimum absolute atomic E-state index is 0.146. The summed E-state index contributed by atoms with van der Waals surface area (Å²) in [6.07, 6.45) is 1.54. The Morgan fingerprint density at radius 2 is 1.96 bits per heavy atom. The van der Waals surface area contributed by atoms with E-state index in [-0.39, 0.29) is 17.8 Å². The minimum Gasteiger partial charge on any atom is -0.320 e. The number of pyridine rings is 1. The van der Waals surface area contributed by atoms with Crippen molar-refractivity contribution in [2.45, 2.75) is 6.54 Å². The molecule has 1 N–H and O–H groups in total. The largest absolute Gasteiger partial charge is 0.326 e. The second-order valence-electron chi connectivity index (χ2n) is 6.32. The third-order valence-corrected chi connectivity index (χ3v) is 5.28. The zero-order valence-corrected chi connectivity index (χ0v) is 15.7. The quantitative estimate of drug-likeness (QED) is 0.710. The van der Waals surface area contributed by atoms with Crippen LogP contribution in [-0.4, -0.2) is 34.9 Å². The summed E-state index contributed by atoms with van der Waals surface area (Å²) in [5, 5.41) is 4.62. The van der Waals surface area contributed by atoms with Crippen molar-refractivity contribution in [2.75, 3.05) is 23.3 Å². The number of anilines is 2. The first-order chi connectivity index (χ1) is 13.6. The lowest BCUT2D eigenvalue weighted by molar-refractivity contribution is 0.103. The van der Waals surface area contributed by atoms with Crippen molar-refractivity contribution in [1.82, 2.24) is 9.88 Å². The van der Waals surface area contributed by atoms with Gasteiger partial charge in [0.15, 0.2) is 0 Å². The molecule has 3 aromatic rings. The highest BCUT2D eigenvalue weighted by atomic mass is 32.1. The SMILES string of the molecule is O=C(Nc1ccc(N2CCN(Cc3ccc(F)cc3)C2=O)nc1)c1cccs1. The molecule has 0 spiro atoms. The van der Waals surface area contributed by atoms with Gasteiger partial charge in [-0.1, -0.05) is 18.2 Å². The van der Waals surface area contributed by atoms with Crippen LogP contribution in [0.3, 0.4) is 0 Å². The van der Waals surface area contributed by atoms with Gasteiger partial charge in [0.1, 0.15) is 11.6 Å². The van der Waals surface area contributed by atoms with Crippen LogP contribution in [0, 0.1) is 5.82 Å². The molecule has 0 radical (unpaired) electrons. The molecule has 1 aliphatic rings. The summed E-state index contributed by atoms with van der Waals surface area (Å²) < 4.78 is 13.0. The molecule has 8 heteroatoms. The molecule has 3 heterocycles. The summed E-state index contributed by atoms with van der Waals surface area (Å²) >= 11 is 1.36. The molecular weight excluding hydrogens is 379 g/mol. The number of carbonyl (C=O) groups excluding carboxylic acids is 2. The van der Waals surface area contributed by atoms with Gasteiger partial charge in [-0.3, -0.25) is 9.69 Å². The highest BCUT2D eigenvalue weighted by molar-refractivity contribution is 7.12. The number of benzene rings is 1. The van der Waals surface area contributed by atoms with Gasteiger partial charge < -0.3 is 10.2 Å². The van der Waals surface area contributed by atoms with E-state index in [0.29, 0.717) is 36.0 Å². The molecule has 0 saturated carbocycles. The number of aromatic nitrogens is 1. The number of carbonyl (C=O) groups is 2. The molecule has 0 atom stereocenters. The first-order valence-electron chi connectivity index (χ1n) is 8.72. The number of thiophene rings is 1. The molecular formula is C20H17FN4O2S. The number of rotatable bonds is 5. The van der Waals surface area contributed by atoms with Crippen LogP contribution in [0.5, 0.6) is 0 Å². The van der Waals surface area contributed by atoms with Crippen LogP contribution >= 0.6 is 11.3 Å². The predicted octanol–water partition coefficient (Wildman–Crippen LogP) is 3.98. The topological polar surface area (TPSA) is 65.5 Å². The molecule has 28 heavy (non-hydrogen) atoms. The Morgan fingerprint density at radius 1 is 1.14 bits per heavy atom. The second kappa shape index (κ2) is 7.77. The van der Waals surface area contributed by atoms with Crippen LogP contribution in [0.15, 0.2) is 60.1 Å². The molecule has 0 unspecified atom stereocenters. The number of hydrogen-bond donors (Lipinski definition) is 1. The molecule has 1 fully saturated rings. The Bertz CT molecular complexity index is 974. The first-order valence-corrected chi connectivity index (χ1v) is 9.60. The molecule has 1 aliphatic heterocycles. The fraction of sp³-hybridized carbons (Fsp3) is 0.150. The molecule has 6 nitrogen and oxygen atoms in total. The van der Waals surface area contributed by atoms with Crippen LogP contribution in [-0.2, 0) is 6.54 Å². The van der Waals surface area contributed by atoms with Crippen molar-refractivity contribution in [3.63, 3.8) is 0 Å². The van der Waals surface area contributed by atoms with Gasteiger partial charge in [-0.25, -0.2) is 14.2 Å². The maximum atomic E-state index is 13.0. The van der Waals surface area contributed by atoms with Crippen molar-refractivity contribution in [1.29, 1.82) is 0 Å². The molecule has 1 aromatic carbocycles. The number of hydrogen-bond acceptors (Lipinski definition) is 4. The Balaban J connectivity index is 1.39. The fourth-order valence-corrected chi connectivity index (χ4v) is 3.59. The Hall–Kier alpha value is -3.26. The van der Waals surface area contributed by atoms with E-state index in [9.17, 15) is 14.0 Å². The third-order valence-electron chi connectivity index (χ3n) is 4.41. The lowest BCUT2D eigenvalue weighted by atomic mass is 10.2. The summed E-state index contributed by atoms with van der Waals surface area (Å²) in [4.78, 5) is 33.0. The summed E-state index contributed by atoms with van der Waals surface area (Å²) in [5.74, 6) is 0.0431. The Morgan fingerprint density at radius 3 is 2.64 bits per heavy atom. The van der Waals surface area contributed by atoms with Crippen molar-refractivity contribution in [2.24, 2.45) is 0 Å². The summed E-state index contributed by atoms with van der Waals surface area (Å²) in [6.45, 7) is 1.51. The highest BCUT2D eigenvalue weighted by Crippen LogP contribution is 2.22. The minimum atomic E-state index is -0.298. The van der Waals surface area contributed by atoms with Gasteiger partial charge in [0, 0.05) is 19.6 Å². The molecule has 2 aromatic heterocycles. The van der Waals surface area contributed by atoms with Crippen molar-refractivity contribution >= 4 is 34.8 Å². The van der Waals surface area contributed by atoms with Gasteiger partial charge in [-0.05, 0) is 41.3 Å². The number of urea groups is 1. The number of nitrogens with one attached hydrogen (secondary N) is 1. The van der Waals surface area contributed by atoms with E-state index in [4.69, 9.17) is 0 Å². The average Bonchev–Trinajstić information content (AvgIpc) is 3.35. The van der Waals surface area contributed by atoms with Crippen LogP contribution in [0.25, 0.3) is 0 Å². The zero-order valence-electron chi connectivity index (χ0n) is 14.8. The van der Waals surface area contributed by atoms with Gasteiger partial charge in [-0.2, -0.15) is 0 Å². The molecule has 1 saturated heterocycles. The van der Waals surface area contributed by atoms with E-state index in [0.717, 1.165) is 5.56 Å². The maximum absolute atomic E-state index is 13.0.